The SMILES string of the molecule is Cc1cccc(CN2C(=O)S/C(=C\c3ccc(OCC(=O)N4CCOCC4)cc3)C2=O)c1. The Kier molecular flexibility index (Phi) is 6.92. The molecule has 0 radical (unpaired) electrons. The van der Waals surface area contributed by atoms with E-state index in [9.17, 15) is 14.4 Å². The number of imide groups is 1. The van der Waals surface area contributed by atoms with Gasteiger partial charge in [-0.15, -0.1) is 0 Å². The first-order valence-corrected chi connectivity index (χ1v) is 11.2. The van der Waals surface area contributed by atoms with Gasteiger partial charge in [-0.1, -0.05) is 42.0 Å². The van der Waals surface area contributed by atoms with Crippen LogP contribution in [-0.4, -0.2) is 59.8 Å². The van der Waals surface area contributed by atoms with Gasteiger partial charge in [0.05, 0.1) is 24.7 Å². The number of hydrogen-bond donors (Lipinski definition) is 0. The maximum absolute atomic E-state index is 12.7. The molecule has 0 aromatic heterocycles. The summed E-state index contributed by atoms with van der Waals surface area (Å²) >= 11 is 0.941. The number of carbonyl (C=O) groups excluding carboxylic acids is 3. The summed E-state index contributed by atoms with van der Waals surface area (Å²) in [7, 11) is 0. The average Bonchev–Trinajstić information content (AvgIpc) is 3.06. The number of rotatable bonds is 6. The molecule has 4 rings (SSSR count). The fraction of sp³-hybridized carbons (Fsp3) is 0.292. The third-order valence-corrected chi connectivity index (χ3v) is 6.11. The van der Waals surface area contributed by atoms with E-state index in [0.717, 1.165) is 28.5 Å². The zero-order chi connectivity index (χ0) is 22.5. The average molecular weight is 453 g/mol. The van der Waals surface area contributed by atoms with Crippen LogP contribution in [0.3, 0.4) is 0 Å². The van der Waals surface area contributed by atoms with E-state index in [1.165, 1.54) is 4.90 Å². The lowest BCUT2D eigenvalue weighted by molar-refractivity contribution is -0.137. The molecule has 0 N–H and O–H groups in total. The lowest BCUT2D eigenvalue weighted by Crippen LogP contribution is -2.42. The van der Waals surface area contributed by atoms with Crippen molar-refractivity contribution in [1.82, 2.24) is 9.80 Å². The Balaban J connectivity index is 1.35. The van der Waals surface area contributed by atoms with Crippen LogP contribution < -0.4 is 4.74 Å². The van der Waals surface area contributed by atoms with Crippen molar-refractivity contribution in [3.8, 4) is 5.75 Å². The molecule has 0 bridgehead atoms. The number of amides is 3. The van der Waals surface area contributed by atoms with Crippen molar-refractivity contribution in [1.29, 1.82) is 0 Å². The van der Waals surface area contributed by atoms with E-state index in [1.807, 2.05) is 31.2 Å². The van der Waals surface area contributed by atoms with Crippen LogP contribution in [0.25, 0.3) is 6.08 Å². The first kappa shape index (κ1) is 22.1. The van der Waals surface area contributed by atoms with Gasteiger partial charge in [-0.2, -0.15) is 0 Å². The molecule has 7 nitrogen and oxygen atoms in total. The van der Waals surface area contributed by atoms with Crippen molar-refractivity contribution < 1.29 is 23.9 Å². The number of ether oxygens (including phenoxy) is 2. The number of benzene rings is 2. The Hall–Kier alpha value is -3.10. The van der Waals surface area contributed by atoms with E-state index in [0.29, 0.717) is 37.0 Å². The van der Waals surface area contributed by atoms with Crippen molar-refractivity contribution in [2.24, 2.45) is 0 Å². The summed E-state index contributed by atoms with van der Waals surface area (Å²) in [6.07, 6.45) is 1.70. The Bertz CT molecular complexity index is 1040. The van der Waals surface area contributed by atoms with Crippen molar-refractivity contribution in [2.75, 3.05) is 32.9 Å². The van der Waals surface area contributed by atoms with Crippen LogP contribution in [0.2, 0.25) is 0 Å². The number of hydrogen-bond acceptors (Lipinski definition) is 6. The molecule has 166 valence electrons. The highest BCUT2D eigenvalue weighted by molar-refractivity contribution is 8.18. The molecule has 2 aromatic carbocycles. The van der Waals surface area contributed by atoms with Crippen molar-refractivity contribution >= 4 is 34.9 Å². The molecule has 2 aliphatic rings. The van der Waals surface area contributed by atoms with Gasteiger partial charge in [-0.05, 0) is 48.0 Å². The second kappa shape index (κ2) is 10.0. The number of morpholine rings is 1. The van der Waals surface area contributed by atoms with Gasteiger partial charge in [0.15, 0.2) is 6.61 Å². The summed E-state index contributed by atoms with van der Waals surface area (Å²) in [6.45, 7) is 4.47. The molecule has 2 saturated heterocycles. The molecule has 2 aliphatic heterocycles. The third kappa shape index (κ3) is 5.38. The second-order valence-electron chi connectivity index (χ2n) is 7.61. The monoisotopic (exact) mass is 452 g/mol. The fourth-order valence-corrected chi connectivity index (χ4v) is 4.33. The largest absolute Gasteiger partial charge is 0.484 e. The molecular formula is C24H24N2O5S. The molecule has 0 aliphatic carbocycles. The van der Waals surface area contributed by atoms with E-state index in [-0.39, 0.29) is 30.2 Å². The molecule has 8 heteroatoms. The molecule has 2 heterocycles. The molecule has 0 unspecified atom stereocenters. The van der Waals surface area contributed by atoms with E-state index >= 15 is 0 Å². The number of nitrogens with zero attached hydrogens (tertiary/aromatic N) is 2. The molecule has 3 amide bonds. The minimum atomic E-state index is -0.294. The maximum atomic E-state index is 12.7. The van der Waals surface area contributed by atoms with Crippen molar-refractivity contribution in [2.45, 2.75) is 13.5 Å². The molecule has 2 fully saturated rings. The van der Waals surface area contributed by atoms with Crippen LogP contribution in [0.4, 0.5) is 4.79 Å². The molecule has 2 aromatic rings. The van der Waals surface area contributed by atoms with Crippen LogP contribution in [0.1, 0.15) is 16.7 Å². The lowest BCUT2D eigenvalue weighted by Gasteiger charge is -2.26. The van der Waals surface area contributed by atoms with Gasteiger partial charge < -0.3 is 14.4 Å². The first-order chi connectivity index (χ1) is 15.5. The predicted octanol–water partition coefficient (Wildman–Crippen LogP) is 3.47. The van der Waals surface area contributed by atoms with E-state index in [1.54, 1.807) is 35.2 Å². The van der Waals surface area contributed by atoms with Crippen molar-refractivity contribution in [3.05, 3.63) is 70.1 Å². The number of aryl methyl sites for hydroxylation is 1. The quantitative estimate of drug-likeness (QED) is 0.625. The summed E-state index contributed by atoms with van der Waals surface area (Å²) in [5, 5.41) is -0.274. The smallest absolute Gasteiger partial charge is 0.293 e. The molecule has 0 saturated carbocycles. The Morgan fingerprint density at radius 1 is 1.12 bits per heavy atom. The van der Waals surface area contributed by atoms with Gasteiger partial charge in [-0.3, -0.25) is 19.3 Å². The van der Waals surface area contributed by atoms with Gasteiger partial charge in [0.1, 0.15) is 5.75 Å². The van der Waals surface area contributed by atoms with Crippen LogP contribution >= 0.6 is 11.8 Å². The number of carbonyl (C=O) groups is 3. The minimum Gasteiger partial charge on any atom is -0.484 e. The fourth-order valence-electron chi connectivity index (χ4n) is 3.49. The summed E-state index contributed by atoms with van der Waals surface area (Å²) < 4.78 is 10.8. The number of thioether (sulfide) groups is 1. The Morgan fingerprint density at radius 3 is 2.59 bits per heavy atom. The van der Waals surface area contributed by atoms with Gasteiger partial charge in [0.2, 0.25) is 0 Å². The van der Waals surface area contributed by atoms with E-state index in [2.05, 4.69) is 0 Å². The maximum Gasteiger partial charge on any atom is 0.293 e. The highest BCUT2D eigenvalue weighted by Crippen LogP contribution is 2.33. The van der Waals surface area contributed by atoms with Gasteiger partial charge in [-0.25, -0.2) is 0 Å². The van der Waals surface area contributed by atoms with E-state index < -0.39 is 0 Å². The van der Waals surface area contributed by atoms with Gasteiger partial charge >= 0.3 is 0 Å². The summed E-state index contributed by atoms with van der Waals surface area (Å²) in [5.41, 5.74) is 2.78. The van der Waals surface area contributed by atoms with Crippen LogP contribution in [-0.2, 0) is 20.9 Å². The van der Waals surface area contributed by atoms with Gasteiger partial charge in [0.25, 0.3) is 17.1 Å². The van der Waals surface area contributed by atoms with E-state index in [4.69, 9.17) is 9.47 Å². The third-order valence-electron chi connectivity index (χ3n) is 5.20. The molecular weight excluding hydrogens is 428 g/mol. The highest BCUT2D eigenvalue weighted by atomic mass is 32.2. The van der Waals surface area contributed by atoms with Crippen LogP contribution in [0, 0.1) is 6.92 Å². The zero-order valence-corrected chi connectivity index (χ0v) is 18.6. The Labute approximate surface area is 191 Å². The molecule has 0 spiro atoms. The molecule has 0 atom stereocenters. The highest BCUT2D eigenvalue weighted by Gasteiger charge is 2.35. The van der Waals surface area contributed by atoms with Crippen LogP contribution in [0.15, 0.2) is 53.4 Å². The summed E-state index contributed by atoms with van der Waals surface area (Å²) in [4.78, 5) is 40.7. The predicted molar refractivity (Wildman–Crippen MR) is 122 cm³/mol. The topological polar surface area (TPSA) is 76.2 Å². The molecule has 32 heavy (non-hydrogen) atoms. The Morgan fingerprint density at radius 2 is 1.88 bits per heavy atom. The summed E-state index contributed by atoms with van der Waals surface area (Å²) in [5.74, 6) is 0.203. The normalized spacial score (nSPS) is 17.8. The van der Waals surface area contributed by atoms with Gasteiger partial charge in [0, 0.05) is 13.1 Å². The van der Waals surface area contributed by atoms with Crippen LogP contribution in [0.5, 0.6) is 5.75 Å². The summed E-state index contributed by atoms with van der Waals surface area (Å²) in [6, 6.07) is 14.8. The zero-order valence-electron chi connectivity index (χ0n) is 17.8. The second-order valence-corrected chi connectivity index (χ2v) is 8.60. The van der Waals surface area contributed by atoms with Crippen molar-refractivity contribution in [3.63, 3.8) is 0 Å². The first-order valence-electron chi connectivity index (χ1n) is 10.4. The standard InChI is InChI=1S/C24H24N2O5S/c1-17-3-2-4-19(13-17)15-26-23(28)21(32-24(26)29)14-18-5-7-20(8-6-18)31-16-22(27)25-9-11-30-12-10-25/h2-8,13-14H,9-12,15-16H2,1H3/b21-14-. The minimum absolute atomic E-state index is 0.0306. The lowest BCUT2D eigenvalue weighted by atomic mass is 10.1.